The van der Waals surface area contributed by atoms with Gasteiger partial charge in [0.15, 0.2) is 5.78 Å². The Morgan fingerprint density at radius 1 is 1.44 bits per heavy atom. The van der Waals surface area contributed by atoms with Crippen molar-refractivity contribution >= 4 is 23.2 Å². The van der Waals surface area contributed by atoms with E-state index in [1.165, 1.54) is 6.92 Å². The number of hydrogen-bond acceptors (Lipinski definition) is 3. The monoisotopic (exact) mass is 240 g/mol. The summed E-state index contributed by atoms with van der Waals surface area (Å²) in [6, 6.07) is 6.88. The summed E-state index contributed by atoms with van der Waals surface area (Å²) in [6.45, 7) is 3.62. The predicted octanol–water partition coefficient (Wildman–Crippen LogP) is 2.52. The lowest BCUT2D eigenvalue weighted by atomic mass is 10.1. The zero-order chi connectivity index (χ0) is 12.1. The van der Waals surface area contributed by atoms with Crippen LogP contribution in [-0.4, -0.2) is 18.2 Å². The predicted molar refractivity (Wildman–Crippen MR) is 61.9 cm³/mol. The van der Waals surface area contributed by atoms with E-state index in [1.807, 2.05) is 6.92 Å². The maximum absolute atomic E-state index is 11.4. The van der Waals surface area contributed by atoms with E-state index in [0.29, 0.717) is 17.9 Å². The van der Waals surface area contributed by atoms with Crippen molar-refractivity contribution in [3.05, 3.63) is 29.8 Å². The molecule has 0 amide bonds. The molecule has 0 saturated heterocycles. The minimum absolute atomic E-state index is 0.539. The Hall–Kier alpha value is -1.35. The Balaban J connectivity index is 2.91. The lowest BCUT2D eigenvalue weighted by Crippen LogP contribution is -2.15. The van der Waals surface area contributed by atoms with Gasteiger partial charge in [-0.1, -0.05) is 12.1 Å². The molecule has 4 heteroatoms. The summed E-state index contributed by atoms with van der Waals surface area (Å²) in [5.41, 5.74) is 0.577. The zero-order valence-electron chi connectivity index (χ0n) is 9.20. The van der Waals surface area contributed by atoms with Gasteiger partial charge in [0.2, 0.25) is 5.78 Å². The molecule has 1 aromatic rings. The molecule has 1 unspecified atom stereocenters. The number of hydrogen-bond donors (Lipinski definition) is 0. The molecule has 1 rings (SSSR count). The van der Waals surface area contributed by atoms with Gasteiger partial charge in [0.1, 0.15) is 11.1 Å². The minimum atomic E-state index is -0.932. The second-order valence-electron chi connectivity index (χ2n) is 3.29. The fourth-order valence-corrected chi connectivity index (χ4v) is 1.55. The second kappa shape index (κ2) is 5.66. The highest BCUT2D eigenvalue weighted by atomic mass is 35.5. The Kier molecular flexibility index (Phi) is 4.50. The Labute approximate surface area is 99.4 Å². The number of alkyl halides is 1. The number of rotatable bonds is 5. The average molecular weight is 241 g/mol. The third-order valence-electron chi connectivity index (χ3n) is 2.04. The topological polar surface area (TPSA) is 43.4 Å². The van der Waals surface area contributed by atoms with E-state index in [9.17, 15) is 9.59 Å². The van der Waals surface area contributed by atoms with E-state index < -0.39 is 16.9 Å². The van der Waals surface area contributed by atoms with E-state index in [2.05, 4.69) is 0 Å². The average Bonchev–Trinajstić information content (AvgIpc) is 2.28. The number of ketones is 2. The molecule has 16 heavy (non-hydrogen) atoms. The fraction of sp³-hybridized carbons (Fsp3) is 0.333. The van der Waals surface area contributed by atoms with Crippen LogP contribution >= 0.6 is 11.6 Å². The van der Waals surface area contributed by atoms with Gasteiger partial charge in [-0.3, -0.25) is 9.59 Å². The first kappa shape index (κ1) is 12.7. The van der Waals surface area contributed by atoms with Gasteiger partial charge in [0.05, 0.1) is 6.61 Å². The molecular weight excluding hydrogens is 228 g/mol. The summed E-state index contributed by atoms with van der Waals surface area (Å²) in [5.74, 6) is -0.501. The van der Waals surface area contributed by atoms with Crippen LogP contribution in [0.1, 0.15) is 24.8 Å². The molecule has 0 N–H and O–H groups in total. The number of benzene rings is 1. The Morgan fingerprint density at radius 3 is 2.69 bits per heavy atom. The van der Waals surface area contributed by atoms with Crippen molar-refractivity contribution in [3.63, 3.8) is 0 Å². The molecule has 0 aliphatic carbocycles. The summed E-state index contributed by atoms with van der Waals surface area (Å²) in [4.78, 5) is 22.3. The molecular formula is C12H13ClO3. The van der Waals surface area contributed by atoms with Gasteiger partial charge in [0.25, 0.3) is 0 Å². The van der Waals surface area contributed by atoms with Crippen LogP contribution in [0.5, 0.6) is 5.75 Å². The molecule has 0 bridgehead atoms. The third kappa shape index (κ3) is 3.07. The van der Waals surface area contributed by atoms with E-state index in [1.54, 1.807) is 24.3 Å². The minimum Gasteiger partial charge on any atom is -0.494 e. The maximum Gasteiger partial charge on any atom is 0.220 e. The molecule has 0 heterocycles. The van der Waals surface area contributed by atoms with Crippen molar-refractivity contribution in [1.29, 1.82) is 0 Å². The zero-order valence-corrected chi connectivity index (χ0v) is 9.95. The molecule has 0 aliphatic rings. The lowest BCUT2D eigenvalue weighted by molar-refractivity contribution is -0.135. The van der Waals surface area contributed by atoms with Crippen molar-refractivity contribution in [2.45, 2.75) is 19.2 Å². The quantitative estimate of drug-likeness (QED) is 0.587. The standard InChI is InChI=1S/C12H13ClO3/c1-3-16-10-6-4-5-9(7-10)11(13)12(15)8(2)14/h4-7,11H,3H2,1-2H3. The normalized spacial score (nSPS) is 11.9. The van der Waals surface area contributed by atoms with Crippen LogP contribution in [0, 0.1) is 0 Å². The molecule has 1 atom stereocenters. The molecule has 0 aliphatic heterocycles. The van der Waals surface area contributed by atoms with E-state index in [4.69, 9.17) is 16.3 Å². The fourth-order valence-electron chi connectivity index (χ4n) is 1.26. The molecule has 86 valence electrons. The number of Topliss-reactive ketones (excluding diaryl/α,β-unsaturated/α-hetero) is 2. The highest BCUT2D eigenvalue weighted by Crippen LogP contribution is 2.25. The number of carbonyl (C=O) groups excluding carboxylic acids is 2. The van der Waals surface area contributed by atoms with Crippen molar-refractivity contribution in [3.8, 4) is 5.75 Å². The van der Waals surface area contributed by atoms with Gasteiger partial charge < -0.3 is 4.74 Å². The van der Waals surface area contributed by atoms with Crippen LogP contribution in [0.15, 0.2) is 24.3 Å². The smallest absolute Gasteiger partial charge is 0.220 e. The van der Waals surface area contributed by atoms with Crippen LogP contribution in [0.3, 0.4) is 0 Å². The lowest BCUT2D eigenvalue weighted by Gasteiger charge is -2.09. The molecule has 0 fully saturated rings. The summed E-state index contributed by atoms with van der Waals surface area (Å²) < 4.78 is 5.28. The molecule has 1 aromatic carbocycles. The maximum atomic E-state index is 11.4. The number of carbonyl (C=O) groups is 2. The van der Waals surface area contributed by atoms with Crippen LogP contribution in [0.2, 0.25) is 0 Å². The van der Waals surface area contributed by atoms with Gasteiger partial charge in [-0.25, -0.2) is 0 Å². The second-order valence-corrected chi connectivity index (χ2v) is 3.72. The largest absolute Gasteiger partial charge is 0.494 e. The first-order chi connectivity index (χ1) is 7.56. The van der Waals surface area contributed by atoms with Crippen LogP contribution in [0.25, 0.3) is 0 Å². The van der Waals surface area contributed by atoms with Gasteiger partial charge >= 0.3 is 0 Å². The van der Waals surface area contributed by atoms with E-state index >= 15 is 0 Å². The van der Waals surface area contributed by atoms with Crippen molar-refractivity contribution in [2.24, 2.45) is 0 Å². The highest BCUT2D eigenvalue weighted by molar-refractivity contribution is 6.48. The van der Waals surface area contributed by atoms with E-state index in [0.717, 1.165) is 0 Å². The summed E-state index contributed by atoms with van der Waals surface area (Å²) in [7, 11) is 0. The molecule has 3 nitrogen and oxygen atoms in total. The number of halogens is 1. The molecule has 0 aromatic heterocycles. The Bertz CT molecular complexity index is 401. The van der Waals surface area contributed by atoms with Crippen molar-refractivity contribution in [2.75, 3.05) is 6.61 Å². The van der Waals surface area contributed by atoms with Crippen molar-refractivity contribution in [1.82, 2.24) is 0 Å². The van der Waals surface area contributed by atoms with Gasteiger partial charge in [-0.2, -0.15) is 0 Å². The third-order valence-corrected chi connectivity index (χ3v) is 2.49. The van der Waals surface area contributed by atoms with Gasteiger partial charge in [-0.05, 0) is 24.6 Å². The molecule has 0 spiro atoms. The highest BCUT2D eigenvalue weighted by Gasteiger charge is 2.21. The van der Waals surface area contributed by atoms with Crippen LogP contribution in [0.4, 0.5) is 0 Å². The first-order valence-electron chi connectivity index (χ1n) is 4.98. The summed E-state index contributed by atoms with van der Waals surface area (Å²) in [6.07, 6.45) is 0. The van der Waals surface area contributed by atoms with Crippen molar-refractivity contribution < 1.29 is 14.3 Å². The summed E-state index contributed by atoms with van der Waals surface area (Å²) >= 11 is 5.90. The van der Waals surface area contributed by atoms with Gasteiger partial charge in [0, 0.05) is 6.92 Å². The Morgan fingerprint density at radius 2 is 2.12 bits per heavy atom. The number of ether oxygens (including phenoxy) is 1. The first-order valence-corrected chi connectivity index (χ1v) is 5.41. The van der Waals surface area contributed by atoms with Crippen LogP contribution < -0.4 is 4.74 Å². The SMILES string of the molecule is CCOc1cccc(C(Cl)C(=O)C(C)=O)c1. The molecule has 0 radical (unpaired) electrons. The summed E-state index contributed by atoms with van der Waals surface area (Å²) in [5, 5.41) is -0.932. The van der Waals surface area contributed by atoms with E-state index in [-0.39, 0.29) is 0 Å². The van der Waals surface area contributed by atoms with Crippen LogP contribution in [-0.2, 0) is 9.59 Å². The molecule has 0 saturated carbocycles. The van der Waals surface area contributed by atoms with Gasteiger partial charge in [-0.15, -0.1) is 11.6 Å².